The van der Waals surface area contributed by atoms with E-state index in [2.05, 4.69) is 4.72 Å². The van der Waals surface area contributed by atoms with Crippen LogP contribution in [-0.2, 0) is 29.6 Å². The van der Waals surface area contributed by atoms with Crippen LogP contribution >= 0.6 is 0 Å². The molecule has 1 aliphatic carbocycles. The normalized spacial score (nSPS) is 15.4. The third-order valence-electron chi connectivity index (χ3n) is 3.81. The Hall–Kier alpha value is -1.49. The fourth-order valence-electron chi connectivity index (χ4n) is 2.29. The first-order valence-corrected chi connectivity index (χ1v) is 11.3. The highest BCUT2D eigenvalue weighted by molar-refractivity contribution is 7.89. The van der Waals surface area contributed by atoms with Crippen molar-refractivity contribution in [3.63, 3.8) is 0 Å². The van der Waals surface area contributed by atoms with Crippen molar-refractivity contribution < 1.29 is 26.4 Å². The van der Waals surface area contributed by atoms with E-state index < -0.39 is 38.6 Å². The highest BCUT2D eigenvalue weighted by Crippen LogP contribution is 2.24. The number of sulfonamides is 2. The smallest absolute Gasteiger partial charge is 0.321 e. The first-order chi connectivity index (χ1) is 12.1. The van der Waals surface area contributed by atoms with Gasteiger partial charge in [-0.2, -0.15) is 4.31 Å². The number of hydrogen-bond acceptors (Lipinski definition) is 6. The molecule has 26 heavy (non-hydrogen) atoms. The zero-order valence-electron chi connectivity index (χ0n) is 15.0. The third kappa shape index (κ3) is 5.03. The molecule has 0 radical (unpaired) electrons. The van der Waals surface area contributed by atoms with E-state index in [4.69, 9.17) is 4.74 Å². The summed E-state index contributed by atoms with van der Waals surface area (Å²) in [5.41, 5.74) is 0. The maximum atomic E-state index is 12.8. The number of ether oxygens (including phenoxy) is 1. The van der Waals surface area contributed by atoms with Gasteiger partial charge in [-0.05, 0) is 57.9 Å². The largest absolute Gasteiger partial charge is 0.465 e. The first-order valence-electron chi connectivity index (χ1n) is 8.37. The Morgan fingerprint density at radius 2 is 1.69 bits per heavy atom. The average Bonchev–Trinajstić information content (AvgIpc) is 3.36. The Balaban J connectivity index is 2.25. The molecule has 0 spiro atoms. The fourth-order valence-corrected chi connectivity index (χ4v) is 5.18. The Morgan fingerprint density at radius 3 is 2.15 bits per heavy atom. The molecule has 2 rings (SSSR count). The van der Waals surface area contributed by atoms with E-state index in [-0.39, 0.29) is 22.4 Å². The monoisotopic (exact) mass is 404 g/mol. The molecule has 1 N–H and O–H groups in total. The lowest BCUT2D eigenvalue weighted by Crippen LogP contribution is -2.41. The van der Waals surface area contributed by atoms with Crippen molar-refractivity contribution in [3.05, 3.63) is 24.3 Å². The zero-order chi connectivity index (χ0) is 19.5. The SMILES string of the molecule is CCOC(=O)CN(C(C)C)S(=O)(=O)c1ccc(S(=O)(=O)NC2CC2)cc1. The lowest BCUT2D eigenvalue weighted by Gasteiger charge is -2.25. The topological polar surface area (TPSA) is 110 Å². The van der Waals surface area contributed by atoms with Gasteiger partial charge in [0.1, 0.15) is 6.54 Å². The standard InChI is InChI=1S/C16H24N2O6S2/c1-4-24-16(19)11-18(12(2)3)26(22,23)15-9-7-14(8-10-15)25(20,21)17-13-5-6-13/h7-10,12-13,17H,4-6,11H2,1-3H3. The molecule has 1 aromatic rings. The molecular weight excluding hydrogens is 380 g/mol. The van der Waals surface area contributed by atoms with Crippen LogP contribution in [0.2, 0.25) is 0 Å². The molecule has 146 valence electrons. The Kier molecular flexibility index (Phi) is 6.43. The minimum Gasteiger partial charge on any atom is -0.465 e. The second kappa shape index (κ2) is 8.03. The first kappa shape index (κ1) is 20.8. The molecular formula is C16H24N2O6S2. The molecule has 1 fully saturated rings. The van der Waals surface area contributed by atoms with Crippen molar-refractivity contribution in [2.45, 2.75) is 55.5 Å². The number of nitrogens with zero attached hydrogens (tertiary/aromatic N) is 1. The zero-order valence-corrected chi connectivity index (χ0v) is 16.6. The summed E-state index contributed by atoms with van der Waals surface area (Å²) < 4.78 is 58.4. The van der Waals surface area contributed by atoms with Crippen molar-refractivity contribution in [1.29, 1.82) is 0 Å². The summed E-state index contributed by atoms with van der Waals surface area (Å²) in [5, 5.41) is 0. The summed E-state index contributed by atoms with van der Waals surface area (Å²) in [5.74, 6) is -0.641. The van der Waals surface area contributed by atoms with Gasteiger partial charge in [0.15, 0.2) is 0 Å². The predicted octanol–water partition coefficient (Wildman–Crippen LogP) is 1.09. The predicted molar refractivity (Wildman–Crippen MR) is 95.4 cm³/mol. The number of rotatable bonds is 9. The van der Waals surface area contributed by atoms with Crippen molar-refractivity contribution in [2.75, 3.05) is 13.2 Å². The van der Waals surface area contributed by atoms with Crippen LogP contribution in [0.15, 0.2) is 34.1 Å². The second-order valence-corrected chi connectivity index (χ2v) is 9.92. The molecule has 0 heterocycles. The van der Waals surface area contributed by atoms with Crippen molar-refractivity contribution in [1.82, 2.24) is 9.03 Å². The van der Waals surface area contributed by atoms with Gasteiger partial charge in [0.05, 0.1) is 16.4 Å². The quantitative estimate of drug-likeness (QED) is 0.617. The third-order valence-corrected chi connectivity index (χ3v) is 7.38. The summed E-state index contributed by atoms with van der Waals surface area (Å²) >= 11 is 0. The average molecular weight is 405 g/mol. The molecule has 0 bridgehead atoms. The Labute approximate surface area is 154 Å². The number of hydrogen-bond donors (Lipinski definition) is 1. The van der Waals surface area contributed by atoms with Gasteiger partial charge < -0.3 is 4.74 Å². The van der Waals surface area contributed by atoms with Crippen LogP contribution < -0.4 is 4.72 Å². The summed E-state index contributed by atoms with van der Waals surface area (Å²) in [6.45, 7) is 4.69. The van der Waals surface area contributed by atoms with Gasteiger partial charge in [0, 0.05) is 12.1 Å². The second-order valence-electron chi connectivity index (χ2n) is 6.32. The van der Waals surface area contributed by atoms with Crippen molar-refractivity contribution >= 4 is 26.0 Å². The number of benzene rings is 1. The van der Waals surface area contributed by atoms with E-state index in [1.54, 1.807) is 20.8 Å². The summed E-state index contributed by atoms with van der Waals surface area (Å²) in [7, 11) is -7.62. The van der Waals surface area contributed by atoms with Gasteiger partial charge in [-0.15, -0.1) is 0 Å². The lowest BCUT2D eigenvalue weighted by molar-refractivity contribution is -0.143. The van der Waals surface area contributed by atoms with Gasteiger partial charge in [-0.25, -0.2) is 21.6 Å². The van der Waals surface area contributed by atoms with Crippen LogP contribution in [0.25, 0.3) is 0 Å². The maximum Gasteiger partial charge on any atom is 0.321 e. The maximum absolute atomic E-state index is 12.8. The van der Waals surface area contributed by atoms with E-state index in [0.29, 0.717) is 0 Å². The van der Waals surface area contributed by atoms with E-state index >= 15 is 0 Å². The van der Waals surface area contributed by atoms with Gasteiger partial charge in [0.2, 0.25) is 20.0 Å². The van der Waals surface area contributed by atoms with Gasteiger partial charge >= 0.3 is 5.97 Å². The molecule has 1 aliphatic rings. The van der Waals surface area contributed by atoms with Crippen LogP contribution in [-0.4, -0.2) is 52.3 Å². The highest BCUT2D eigenvalue weighted by Gasteiger charge is 2.31. The molecule has 10 heteroatoms. The summed E-state index contributed by atoms with van der Waals surface area (Å²) in [4.78, 5) is 11.6. The molecule has 1 aromatic carbocycles. The van der Waals surface area contributed by atoms with Gasteiger partial charge in [-0.3, -0.25) is 4.79 Å². The number of carbonyl (C=O) groups excluding carboxylic acids is 1. The fraction of sp³-hybridized carbons (Fsp3) is 0.562. The lowest BCUT2D eigenvalue weighted by atomic mass is 10.4. The molecule has 0 aliphatic heterocycles. The van der Waals surface area contributed by atoms with E-state index in [1.807, 2.05) is 0 Å². The molecule has 0 unspecified atom stereocenters. The van der Waals surface area contributed by atoms with Crippen molar-refractivity contribution in [3.8, 4) is 0 Å². The van der Waals surface area contributed by atoms with Crippen LogP contribution in [0.3, 0.4) is 0 Å². The number of nitrogens with one attached hydrogen (secondary N) is 1. The van der Waals surface area contributed by atoms with Crippen LogP contribution in [0.1, 0.15) is 33.6 Å². The summed E-state index contributed by atoms with van der Waals surface area (Å²) in [6.07, 6.45) is 1.62. The molecule has 0 aromatic heterocycles. The van der Waals surface area contributed by atoms with Gasteiger partial charge in [-0.1, -0.05) is 0 Å². The molecule has 1 saturated carbocycles. The van der Waals surface area contributed by atoms with Crippen LogP contribution in [0.4, 0.5) is 0 Å². The van der Waals surface area contributed by atoms with Crippen LogP contribution in [0.5, 0.6) is 0 Å². The number of esters is 1. The molecule has 0 amide bonds. The number of carbonyl (C=O) groups is 1. The highest BCUT2D eigenvalue weighted by atomic mass is 32.2. The minimum absolute atomic E-state index is 0.00448. The molecule has 0 atom stereocenters. The molecule has 0 saturated heterocycles. The molecule has 8 nitrogen and oxygen atoms in total. The Morgan fingerprint density at radius 1 is 1.15 bits per heavy atom. The van der Waals surface area contributed by atoms with Crippen molar-refractivity contribution in [2.24, 2.45) is 0 Å². The van der Waals surface area contributed by atoms with E-state index in [9.17, 15) is 21.6 Å². The van der Waals surface area contributed by atoms with E-state index in [0.717, 1.165) is 17.1 Å². The summed E-state index contributed by atoms with van der Waals surface area (Å²) in [6, 6.07) is 4.46. The van der Waals surface area contributed by atoms with Gasteiger partial charge in [0.25, 0.3) is 0 Å². The van der Waals surface area contributed by atoms with E-state index in [1.165, 1.54) is 24.3 Å². The van der Waals surface area contributed by atoms with Crippen LogP contribution in [0, 0.1) is 0 Å². The minimum atomic E-state index is -3.97. The Bertz CT molecular complexity index is 843.